The minimum absolute atomic E-state index is 0.411. The molecule has 0 radical (unpaired) electrons. The highest BCUT2D eigenvalue weighted by atomic mass is 15.2. The van der Waals surface area contributed by atoms with Gasteiger partial charge >= 0.3 is 0 Å². The molecule has 0 aromatic heterocycles. The van der Waals surface area contributed by atoms with Crippen LogP contribution in [0.25, 0.3) is 0 Å². The molecule has 1 fully saturated rings. The highest BCUT2D eigenvalue weighted by Crippen LogP contribution is 2.30. The molecular formula is C17H28N2. The Morgan fingerprint density at radius 1 is 1.21 bits per heavy atom. The van der Waals surface area contributed by atoms with Crippen LogP contribution in [0.1, 0.15) is 44.4 Å². The fourth-order valence-electron chi connectivity index (χ4n) is 3.55. The van der Waals surface area contributed by atoms with Gasteiger partial charge < -0.3 is 5.32 Å². The Bertz CT molecular complexity index is 398. The topological polar surface area (TPSA) is 15.3 Å². The van der Waals surface area contributed by atoms with E-state index in [-0.39, 0.29) is 0 Å². The molecule has 2 rings (SSSR count). The predicted molar refractivity (Wildman–Crippen MR) is 82.4 cm³/mol. The molecule has 1 N–H and O–H groups in total. The fraction of sp³-hybridized carbons (Fsp3) is 0.647. The lowest BCUT2D eigenvalue weighted by molar-refractivity contribution is 0.164. The summed E-state index contributed by atoms with van der Waals surface area (Å²) in [4.78, 5) is 2.66. The lowest BCUT2D eigenvalue weighted by Crippen LogP contribution is -2.43. The van der Waals surface area contributed by atoms with Crippen LogP contribution in [0.15, 0.2) is 24.3 Å². The second kappa shape index (κ2) is 6.06. The molecule has 0 bridgehead atoms. The Balaban J connectivity index is 2.15. The van der Waals surface area contributed by atoms with Crippen LogP contribution < -0.4 is 5.32 Å². The first-order valence-corrected chi connectivity index (χ1v) is 7.52. The van der Waals surface area contributed by atoms with Crippen molar-refractivity contribution < 1.29 is 0 Å². The highest BCUT2D eigenvalue weighted by Gasteiger charge is 2.33. The molecule has 0 amide bonds. The van der Waals surface area contributed by atoms with Crippen LogP contribution in [-0.2, 0) is 0 Å². The summed E-state index contributed by atoms with van der Waals surface area (Å²) < 4.78 is 0. The van der Waals surface area contributed by atoms with Crippen LogP contribution in [0.5, 0.6) is 0 Å². The van der Waals surface area contributed by atoms with Gasteiger partial charge in [-0.2, -0.15) is 0 Å². The Morgan fingerprint density at radius 3 is 2.32 bits per heavy atom. The normalized spacial score (nSPS) is 27.4. The van der Waals surface area contributed by atoms with Crippen molar-refractivity contribution in [1.82, 2.24) is 10.2 Å². The standard InChI is InChI=1S/C17H28N2/c1-12-6-8-16(9-7-12)17(18-5)15(4)19-11-13(2)10-14(19)3/h6-9,13-15,17-18H,10-11H2,1-5H3. The van der Waals surface area contributed by atoms with Gasteiger partial charge in [-0.25, -0.2) is 0 Å². The van der Waals surface area contributed by atoms with Gasteiger partial charge in [0.25, 0.3) is 0 Å². The third-order valence-electron chi connectivity index (χ3n) is 4.59. The molecule has 2 heteroatoms. The van der Waals surface area contributed by atoms with Crippen LogP contribution >= 0.6 is 0 Å². The highest BCUT2D eigenvalue weighted by molar-refractivity contribution is 5.25. The van der Waals surface area contributed by atoms with E-state index in [9.17, 15) is 0 Å². The van der Waals surface area contributed by atoms with E-state index >= 15 is 0 Å². The molecule has 19 heavy (non-hydrogen) atoms. The second-order valence-electron chi connectivity index (χ2n) is 6.30. The Morgan fingerprint density at radius 2 is 1.84 bits per heavy atom. The average molecular weight is 260 g/mol. The number of hydrogen-bond acceptors (Lipinski definition) is 2. The fourth-order valence-corrected chi connectivity index (χ4v) is 3.55. The van der Waals surface area contributed by atoms with Gasteiger partial charge in [-0.15, -0.1) is 0 Å². The quantitative estimate of drug-likeness (QED) is 0.893. The van der Waals surface area contributed by atoms with E-state index in [1.165, 1.54) is 24.1 Å². The largest absolute Gasteiger partial charge is 0.312 e. The molecule has 2 nitrogen and oxygen atoms in total. The van der Waals surface area contributed by atoms with E-state index in [0.29, 0.717) is 18.1 Å². The van der Waals surface area contributed by atoms with Crippen molar-refractivity contribution in [2.24, 2.45) is 5.92 Å². The molecule has 0 saturated carbocycles. The maximum absolute atomic E-state index is 3.51. The van der Waals surface area contributed by atoms with Gasteiger partial charge in [0.1, 0.15) is 0 Å². The molecule has 0 spiro atoms. The van der Waals surface area contributed by atoms with Crippen LogP contribution in [-0.4, -0.2) is 30.6 Å². The van der Waals surface area contributed by atoms with Crippen molar-refractivity contribution in [3.05, 3.63) is 35.4 Å². The lowest BCUT2D eigenvalue weighted by atomic mass is 9.98. The monoisotopic (exact) mass is 260 g/mol. The van der Waals surface area contributed by atoms with E-state index in [1.807, 2.05) is 0 Å². The second-order valence-corrected chi connectivity index (χ2v) is 6.30. The summed E-state index contributed by atoms with van der Waals surface area (Å²) in [5, 5.41) is 3.51. The Hall–Kier alpha value is -0.860. The van der Waals surface area contributed by atoms with Gasteiger partial charge in [-0.1, -0.05) is 36.8 Å². The zero-order valence-corrected chi connectivity index (χ0v) is 13.0. The summed E-state index contributed by atoms with van der Waals surface area (Å²) in [6.07, 6.45) is 1.33. The van der Waals surface area contributed by atoms with E-state index in [0.717, 1.165) is 5.92 Å². The first kappa shape index (κ1) is 14.5. The minimum atomic E-state index is 0.411. The van der Waals surface area contributed by atoms with Crippen LogP contribution in [0.3, 0.4) is 0 Å². The van der Waals surface area contributed by atoms with E-state index < -0.39 is 0 Å². The SMILES string of the molecule is CNC(c1ccc(C)cc1)C(C)N1CC(C)CC1C. The average Bonchev–Trinajstić information content (AvgIpc) is 2.71. The summed E-state index contributed by atoms with van der Waals surface area (Å²) in [5.41, 5.74) is 2.72. The smallest absolute Gasteiger partial charge is 0.0473 e. The van der Waals surface area contributed by atoms with Crippen LogP contribution in [0.2, 0.25) is 0 Å². The number of nitrogens with zero attached hydrogens (tertiary/aromatic N) is 1. The summed E-state index contributed by atoms with van der Waals surface area (Å²) >= 11 is 0. The molecule has 1 heterocycles. The molecule has 1 aliphatic heterocycles. The molecular weight excluding hydrogens is 232 g/mol. The summed E-state index contributed by atoms with van der Waals surface area (Å²) in [6, 6.07) is 10.6. The molecule has 4 atom stereocenters. The number of aryl methyl sites for hydroxylation is 1. The number of likely N-dealkylation sites (N-methyl/N-ethyl adjacent to an activating group) is 1. The van der Waals surface area contributed by atoms with E-state index in [2.05, 4.69) is 69.2 Å². The maximum Gasteiger partial charge on any atom is 0.0473 e. The first-order valence-electron chi connectivity index (χ1n) is 7.52. The number of benzene rings is 1. The number of nitrogens with one attached hydrogen (secondary N) is 1. The molecule has 4 unspecified atom stereocenters. The zero-order valence-electron chi connectivity index (χ0n) is 13.0. The van der Waals surface area contributed by atoms with Crippen molar-refractivity contribution in [3.63, 3.8) is 0 Å². The zero-order chi connectivity index (χ0) is 14.0. The van der Waals surface area contributed by atoms with Gasteiger partial charge in [-0.3, -0.25) is 4.90 Å². The summed E-state index contributed by atoms with van der Waals surface area (Å²) in [6.45, 7) is 10.5. The minimum Gasteiger partial charge on any atom is -0.312 e. The van der Waals surface area contributed by atoms with Crippen molar-refractivity contribution >= 4 is 0 Å². The van der Waals surface area contributed by atoms with Crippen molar-refractivity contribution in [2.75, 3.05) is 13.6 Å². The molecule has 1 aromatic rings. The molecule has 0 aliphatic carbocycles. The molecule has 106 valence electrons. The first-order chi connectivity index (χ1) is 9.02. The van der Waals surface area contributed by atoms with Gasteiger partial charge in [0.15, 0.2) is 0 Å². The summed E-state index contributed by atoms with van der Waals surface area (Å²) in [5.74, 6) is 0.827. The van der Waals surface area contributed by atoms with E-state index in [1.54, 1.807) is 0 Å². The van der Waals surface area contributed by atoms with Crippen molar-refractivity contribution in [1.29, 1.82) is 0 Å². The predicted octanol–water partition coefficient (Wildman–Crippen LogP) is 3.37. The van der Waals surface area contributed by atoms with E-state index in [4.69, 9.17) is 0 Å². The van der Waals surface area contributed by atoms with Crippen molar-refractivity contribution in [3.8, 4) is 0 Å². The molecule has 1 aliphatic rings. The van der Waals surface area contributed by atoms with Gasteiger partial charge in [-0.05, 0) is 45.7 Å². The van der Waals surface area contributed by atoms with Crippen LogP contribution in [0.4, 0.5) is 0 Å². The van der Waals surface area contributed by atoms with Gasteiger partial charge in [0.2, 0.25) is 0 Å². The Kier molecular flexibility index (Phi) is 4.64. The third-order valence-corrected chi connectivity index (χ3v) is 4.59. The van der Waals surface area contributed by atoms with Gasteiger partial charge in [0.05, 0.1) is 0 Å². The summed E-state index contributed by atoms with van der Waals surface area (Å²) in [7, 11) is 2.07. The van der Waals surface area contributed by atoms with Crippen LogP contribution in [0, 0.1) is 12.8 Å². The van der Waals surface area contributed by atoms with Gasteiger partial charge in [0, 0.05) is 24.7 Å². The Labute approximate surface area is 118 Å². The number of likely N-dealkylation sites (tertiary alicyclic amines) is 1. The lowest BCUT2D eigenvalue weighted by Gasteiger charge is -2.35. The maximum atomic E-state index is 3.51. The van der Waals surface area contributed by atoms with Crippen molar-refractivity contribution in [2.45, 2.75) is 52.2 Å². The molecule has 1 saturated heterocycles. The number of rotatable bonds is 4. The third kappa shape index (κ3) is 3.18. The molecule has 1 aromatic carbocycles. The number of hydrogen-bond donors (Lipinski definition) is 1.